The molecule has 10 nitrogen and oxygen atoms in total. The Morgan fingerprint density at radius 1 is 1.21 bits per heavy atom. The molecule has 2 aliphatic rings. The van der Waals surface area contributed by atoms with Gasteiger partial charge in [-0.25, -0.2) is 9.78 Å². The summed E-state index contributed by atoms with van der Waals surface area (Å²) in [5.74, 6) is 0.640. The number of anilines is 6. The normalized spacial score (nSPS) is 15.9. The van der Waals surface area contributed by atoms with Gasteiger partial charge in [0.05, 0.1) is 22.7 Å². The number of likely N-dealkylation sites (tertiary alicyclic amines) is 1. The predicted molar refractivity (Wildman–Crippen MR) is 136 cm³/mol. The highest BCUT2D eigenvalue weighted by atomic mass is 32.1. The molecule has 5 rings (SSSR count). The van der Waals surface area contributed by atoms with Crippen molar-refractivity contribution < 1.29 is 9.59 Å². The van der Waals surface area contributed by atoms with Gasteiger partial charge in [-0.15, -0.1) is 0 Å². The van der Waals surface area contributed by atoms with Crippen LogP contribution in [0.4, 0.5) is 39.3 Å². The van der Waals surface area contributed by atoms with E-state index in [1.165, 1.54) is 11.3 Å². The molecule has 0 saturated carbocycles. The van der Waals surface area contributed by atoms with Crippen LogP contribution >= 0.6 is 11.3 Å². The van der Waals surface area contributed by atoms with Gasteiger partial charge in [-0.1, -0.05) is 6.07 Å². The van der Waals surface area contributed by atoms with Crippen LogP contribution in [-0.4, -0.2) is 60.0 Å². The van der Waals surface area contributed by atoms with E-state index < -0.39 is 0 Å². The third kappa shape index (κ3) is 4.52. The third-order valence-electron chi connectivity index (χ3n) is 6.16. The number of benzene rings is 1. The number of urea groups is 1. The minimum Gasteiger partial charge on any atom is -0.341 e. The predicted octanol–water partition coefficient (Wildman–Crippen LogP) is 4.02. The lowest BCUT2D eigenvalue weighted by molar-refractivity contribution is 0.102. The van der Waals surface area contributed by atoms with Gasteiger partial charge in [-0.3, -0.25) is 4.79 Å². The van der Waals surface area contributed by atoms with Gasteiger partial charge in [-0.05, 0) is 56.6 Å². The van der Waals surface area contributed by atoms with Crippen molar-refractivity contribution in [3.63, 3.8) is 0 Å². The second kappa shape index (κ2) is 9.27. The molecule has 0 atom stereocenters. The highest BCUT2D eigenvalue weighted by Crippen LogP contribution is 2.37. The van der Waals surface area contributed by atoms with Gasteiger partial charge in [0.15, 0.2) is 0 Å². The summed E-state index contributed by atoms with van der Waals surface area (Å²) in [6, 6.07) is 7.08. The quantitative estimate of drug-likeness (QED) is 0.448. The van der Waals surface area contributed by atoms with Crippen LogP contribution in [-0.2, 0) is 0 Å². The molecule has 3 amide bonds. The number of nitrogens with zero attached hydrogens (tertiary/aromatic N) is 4. The van der Waals surface area contributed by atoms with Crippen LogP contribution in [0.2, 0.25) is 0 Å². The highest BCUT2D eigenvalue weighted by molar-refractivity contribution is 7.08. The molecule has 0 spiro atoms. The van der Waals surface area contributed by atoms with Gasteiger partial charge in [0.1, 0.15) is 11.4 Å². The number of carbonyl (C=O) groups excluding carboxylic acids is 2. The molecule has 2 aromatic heterocycles. The van der Waals surface area contributed by atoms with E-state index in [0.29, 0.717) is 46.1 Å². The first-order valence-electron chi connectivity index (χ1n) is 11.1. The first-order chi connectivity index (χ1) is 16.5. The minimum atomic E-state index is -0.380. The van der Waals surface area contributed by atoms with Crippen LogP contribution in [0.1, 0.15) is 23.2 Å². The minimum absolute atomic E-state index is 0.311. The Labute approximate surface area is 201 Å². The maximum Gasteiger partial charge on any atom is 0.323 e. The fourth-order valence-electron chi connectivity index (χ4n) is 4.17. The number of amides is 3. The van der Waals surface area contributed by atoms with E-state index in [-0.39, 0.29) is 11.9 Å². The van der Waals surface area contributed by atoms with Crippen molar-refractivity contribution in [2.24, 2.45) is 0 Å². The summed E-state index contributed by atoms with van der Waals surface area (Å²) in [6.07, 6.45) is 3.60. The molecular weight excluding hydrogens is 452 g/mol. The summed E-state index contributed by atoms with van der Waals surface area (Å²) in [7, 11) is 4.12. The van der Waals surface area contributed by atoms with Crippen LogP contribution in [0.3, 0.4) is 0 Å². The van der Waals surface area contributed by atoms with Crippen molar-refractivity contribution in [2.45, 2.75) is 18.9 Å². The first-order valence-corrected chi connectivity index (χ1v) is 12.0. The standard InChI is InChI=1S/C23H26N8O2S/c1-30-9-6-15(7-10-30)31(2)22-24-12-16-20(29-22)28-19-17(26-21(16)32)4-3-5-18(19)27-23(33)25-14-8-11-34-13-14/h3-5,8,11-13,15H,6-7,9-10H2,1-2H3,(H,26,32)(H,24,28,29)(H2,25,27,33). The maximum atomic E-state index is 12.9. The molecule has 176 valence electrons. The molecule has 0 aliphatic carbocycles. The summed E-state index contributed by atoms with van der Waals surface area (Å²) in [5.41, 5.74) is 2.67. The lowest BCUT2D eigenvalue weighted by atomic mass is 10.0. The van der Waals surface area contributed by atoms with Crippen LogP contribution in [0.15, 0.2) is 41.2 Å². The first kappa shape index (κ1) is 22.1. The zero-order chi connectivity index (χ0) is 23.7. The molecule has 1 saturated heterocycles. The Morgan fingerprint density at radius 2 is 2.03 bits per heavy atom. The summed E-state index contributed by atoms with van der Waals surface area (Å²) < 4.78 is 0. The largest absolute Gasteiger partial charge is 0.341 e. The summed E-state index contributed by atoms with van der Waals surface area (Å²) in [5, 5.41) is 15.5. The molecule has 11 heteroatoms. The highest BCUT2D eigenvalue weighted by Gasteiger charge is 2.27. The van der Waals surface area contributed by atoms with Crippen molar-refractivity contribution in [1.29, 1.82) is 0 Å². The monoisotopic (exact) mass is 478 g/mol. The number of aromatic nitrogens is 2. The zero-order valence-corrected chi connectivity index (χ0v) is 19.8. The van der Waals surface area contributed by atoms with E-state index in [4.69, 9.17) is 4.98 Å². The summed E-state index contributed by atoms with van der Waals surface area (Å²) in [6.45, 7) is 2.05. The van der Waals surface area contributed by atoms with Crippen molar-refractivity contribution in [3.05, 3.63) is 46.8 Å². The SMILES string of the molecule is CN1CCC(N(C)c2ncc3c(n2)Nc2c(NC(=O)Nc4ccsc4)cccc2NC3=O)CC1. The Morgan fingerprint density at radius 3 is 2.79 bits per heavy atom. The number of nitrogens with one attached hydrogen (secondary N) is 4. The van der Waals surface area contributed by atoms with Crippen molar-refractivity contribution in [2.75, 3.05) is 53.4 Å². The second-order valence-corrected chi connectivity index (χ2v) is 9.26. The Kier molecular flexibility index (Phi) is 6.03. The summed E-state index contributed by atoms with van der Waals surface area (Å²) in [4.78, 5) is 39.0. The number of thiophene rings is 1. The second-order valence-electron chi connectivity index (χ2n) is 8.48. The van der Waals surface area contributed by atoms with Gasteiger partial charge < -0.3 is 31.1 Å². The number of carbonyl (C=O) groups is 2. The number of piperidine rings is 1. The van der Waals surface area contributed by atoms with E-state index in [0.717, 1.165) is 25.9 Å². The van der Waals surface area contributed by atoms with Crippen molar-refractivity contribution in [3.8, 4) is 0 Å². The molecular formula is C23H26N8O2S. The van der Waals surface area contributed by atoms with Gasteiger partial charge in [0.2, 0.25) is 5.95 Å². The van der Waals surface area contributed by atoms with E-state index >= 15 is 0 Å². The van der Waals surface area contributed by atoms with E-state index in [2.05, 4.69) is 43.1 Å². The number of fused-ring (bicyclic) bond motifs is 2. The average molecular weight is 479 g/mol. The third-order valence-corrected chi connectivity index (χ3v) is 6.84. The maximum absolute atomic E-state index is 12.9. The lowest BCUT2D eigenvalue weighted by Crippen LogP contribution is -2.42. The fourth-order valence-corrected chi connectivity index (χ4v) is 4.76. The molecule has 4 N–H and O–H groups in total. The van der Waals surface area contributed by atoms with Crippen LogP contribution in [0, 0.1) is 0 Å². The van der Waals surface area contributed by atoms with E-state index in [9.17, 15) is 9.59 Å². The zero-order valence-electron chi connectivity index (χ0n) is 19.0. The van der Waals surface area contributed by atoms with Gasteiger partial charge in [-0.2, -0.15) is 16.3 Å². The molecule has 2 aliphatic heterocycles. The molecule has 1 aromatic carbocycles. The molecule has 0 radical (unpaired) electrons. The molecule has 0 bridgehead atoms. The van der Waals surface area contributed by atoms with Gasteiger partial charge >= 0.3 is 6.03 Å². The Balaban J connectivity index is 1.41. The lowest BCUT2D eigenvalue weighted by Gasteiger charge is -2.35. The molecule has 3 aromatic rings. The number of rotatable bonds is 4. The van der Waals surface area contributed by atoms with Gasteiger partial charge in [0, 0.05) is 24.7 Å². The topological polar surface area (TPSA) is 115 Å². The summed E-state index contributed by atoms with van der Waals surface area (Å²) >= 11 is 1.50. The van der Waals surface area contributed by atoms with E-state index in [1.54, 1.807) is 24.4 Å². The van der Waals surface area contributed by atoms with Crippen LogP contribution < -0.4 is 26.2 Å². The van der Waals surface area contributed by atoms with Crippen LogP contribution in [0.25, 0.3) is 0 Å². The van der Waals surface area contributed by atoms with Gasteiger partial charge in [0.25, 0.3) is 5.91 Å². The average Bonchev–Trinajstić information content (AvgIpc) is 3.28. The fraction of sp³-hybridized carbons (Fsp3) is 0.304. The Hall–Kier alpha value is -3.70. The van der Waals surface area contributed by atoms with E-state index in [1.807, 2.05) is 23.9 Å². The number of para-hydroxylation sites is 1. The number of hydrogen-bond acceptors (Lipinski definition) is 8. The molecule has 34 heavy (non-hydrogen) atoms. The molecule has 1 fully saturated rings. The molecule has 4 heterocycles. The Bertz CT molecular complexity index is 1210. The molecule has 0 unspecified atom stereocenters. The smallest absolute Gasteiger partial charge is 0.323 e. The van der Waals surface area contributed by atoms with Crippen molar-refractivity contribution in [1.82, 2.24) is 14.9 Å². The van der Waals surface area contributed by atoms with Crippen molar-refractivity contribution >= 4 is 57.8 Å². The van der Waals surface area contributed by atoms with Crippen LogP contribution in [0.5, 0.6) is 0 Å². The number of hydrogen-bond donors (Lipinski definition) is 4.